The lowest BCUT2D eigenvalue weighted by Gasteiger charge is -2.11. The van der Waals surface area contributed by atoms with Gasteiger partial charge in [0.25, 0.3) is 0 Å². The zero-order chi connectivity index (χ0) is 10.8. The average Bonchev–Trinajstić information content (AvgIpc) is 2.65. The van der Waals surface area contributed by atoms with E-state index in [0.717, 1.165) is 11.3 Å². The number of benzene rings is 1. The van der Waals surface area contributed by atoms with Gasteiger partial charge in [0.15, 0.2) is 0 Å². The van der Waals surface area contributed by atoms with Gasteiger partial charge in [0.1, 0.15) is 0 Å². The molecule has 0 radical (unpaired) electrons. The molecule has 1 aromatic carbocycles. The van der Waals surface area contributed by atoms with Gasteiger partial charge in [-0.1, -0.05) is 12.1 Å². The lowest BCUT2D eigenvalue weighted by Crippen LogP contribution is -2.11. The van der Waals surface area contributed by atoms with Crippen molar-refractivity contribution < 1.29 is 0 Å². The standard InChI is InChI=1S/C12H14N2S/c1-8-6-7-15-12(8)11(14)9-2-4-10(13)5-3-9/h2-7,11H,13-14H2,1H3. The highest BCUT2D eigenvalue weighted by Gasteiger charge is 2.12. The van der Waals surface area contributed by atoms with Crippen molar-refractivity contribution in [2.24, 2.45) is 5.73 Å². The summed E-state index contributed by atoms with van der Waals surface area (Å²) in [5, 5.41) is 2.07. The maximum atomic E-state index is 6.18. The fourth-order valence-electron chi connectivity index (χ4n) is 1.56. The van der Waals surface area contributed by atoms with Crippen LogP contribution < -0.4 is 11.5 Å². The van der Waals surface area contributed by atoms with Gasteiger partial charge in [0, 0.05) is 10.6 Å². The number of anilines is 1. The first-order valence-corrected chi connectivity index (χ1v) is 5.71. The van der Waals surface area contributed by atoms with Gasteiger partial charge in [0.2, 0.25) is 0 Å². The Morgan fingerprint density at radius 3 is 2.33 bits per heavy atom. The Morgan fingerprint density at radius 1 is 1.13 bits per heavy atom. The van der Waals surface area contributed by atoms with Crippen LogP contribution in [0.2, 0.25) is 0 Å². The summed E-state index contributed by atoms with van der Waals surface area (Å²) < 4.78 is 0. The molecule has 0 spiro atoms. The Labute approximate surface area is 93.5 Å². The van der Waals surface area contributed by atoms with Crippen molar-refractivity contribution in [3.8, 4) is 0 Å². The molecular weight excluding hydrogens is 204 g/mol. The molecular formula is C12H14N2S. The Bertz CT molecular complexity index is 445. The molecule has 0 aliphatic carbocycles. The average molecular weight is 218 g/mol. The second kappa shape index (κ2) is 4.04. The smallest absolute Gasteiger partial charge is 0.0648 e. The fourth-order valence-corrected chi connectivity index (χ4v) is 2.51. The van der Waals surface area contributed by atoms with Crippen molar-refractivity contribution in [3.05, 3.63) is 51.7 Å². The summed E-state index contributed by atoms with van der Waals surface area (Å²) in [6.45, 7) is 2.09. The minimum Gasteiger partial charge on any atom is -0.399 e. The molecule has 0 saturated carbocycles. The van der Waals surface area contributed by atoms with Crippen LogP contribution in [-0.4, -0.2) is 0 Å². The van der Waals surface area contributed by atoms with Crippen molar-refractivity contribution in [2.45, 2.75) is 13.0 Å². The lowest BCUT2D eigenvalue weighted by molar-refractivity contribution is 0.885. The normalized spacial score (nSPS) is 12.7. The highest BCUT2D eigenvalue weighted by molar-refractivity contribution is 7.10. The van der Waals surface area contributed by atoms with Gasteiger partial charge in [-0.3, -0.25) is 0 Å². The molecule has 0 amide bonds. The van der Waals surface area contributed by atoms with Crippen LogP contribution in [-0.2, 0) is 0 Å². The summed E-state index contributed by atoms with van der Waals surface area (Å²) in [4.78, 5) is 1.22. The molecule has 78 valence electrons. The van der Waals surface area contributed by atoms with E-state index in [0.29, 0.717) is 0 Å². The fraction of sp³-hybridized carbons (Fsp3) is 0.167. The number of hydrogen-bond donors (Lipinski definition) is 2. The van der Waals surface area contributed by atoms with Crippen LogP contribution in [0.15, 0.2) is 35.7 Å². The van der Waals surface area contributed by atoms with Gasteiger partial charge in [0.05, 0.1) is 6.04 Å². The third kappa shape index (κ3) is 2.03. The van der Waals surface area contributed by atoms with E-state index >= 15 is 0 Å². The second-order valence-electron chi connectivity index (χ2n) is 3.61. The maximum Gasteiger partial charge on any atom is 0.0648 e. The van der Waals surface area contributed by atoms with Crippen LogP contribution >= 0.6 is 11.3 Å². The minimum absolute atomic E-state index is 0.0365. The van der Waals surface area contributed by atoms with Gasteiger partial charge in [-0.25, -0.2) is 0 Å². The van der Waals surface area contributed by atoms with Crippen molar-refractivity contribution in [1.29, 1.82) is 0 Å². The van der Waals surface area contributed by atoms with Gasteiger partial charge in [-0.2, -0.15) is 0 Å². The van der Waals surface area contributed by atoms with Gasteiger partial charge < -0.3 is 11.5 Å². The highest BCUT2D eigenvalue weighted by Crippen LogP contribution is 2.27. The monoisotopic (exact) mass is 218 g/mol. The second-order valence-corrected chi connectivity index (χ2v) is 4.56. The lowest BCUT2D eigenvalue weighted by atomic mass is 10.0. The third-order valence-corrected chi connectivity index (χ3v) is 3.58. The molecule has 4 N–H and O–H groups in total. The van der Waals surface area contributed by atoms with Crippen LogP contribution in [0.4, 0.5) is 5.69 Å². The molecule has 2 rings (SSSR count). The molecule has 15 heavy (non-hydrogen) atoms. The highest BCUT2D eigenvalue weighted by atomic mass is 32.1. The van der Waals surface area contributed by atoms with E-state index in [1.54, 1.807) is 11.3 Å². The van der Waals surface area contributed by atoms with E-state index in [-0.39, 0.29) is 6.04 Å². The van der Waals surface area contributed by atoms with Crippen LogP contribution in [0.5, 0.6) is 0 Å². The molecule has 1 atom stereocenters. The van der Waals surface area contributed by atoms with Crippen molar-refractivity contribution >= 4 is 17.0 Å². The summed E-state index contributed by atoms with van der Waals surface area (Å²) in [6.07, 6.45) is 0. The first-order valence-electron chi connectivity index (χ1n) is 4.83. The molecule has 1 unspecified atom stereocenters. The quantitative estimate of drug-likeness (QED) is 0.761. The van der Waals surface area contributed by atoms with Crippen LogP contribution in [0.1, 0.15) is 22.0 Å². The zero-order valence-corrected chi connectivity index (χ0v) is 9.42. The van der Waals surface area contributed by atoms with E-state index in [1.165, 1.54) is 10.4 Å². The Morgan fingerprint density at radius 2 is 1.80 bits per heavy atom. The number of aryl methyl sites for hydroxylation is 1. The van der Waals surface area contributed by atoms with Crippen LogP contribution in [0.3, 0.4) is 0 Å². The van der Waals surface area contributed by atoms with E-state index in [2.05, 4.69) is 18.4 Å². The Kier molecular flexibility index (Phi) is 2.75. The summed E-state index contributed by atoms with van der Waals surface area (Å²) in [6, 6.07) is 9.80. The van der Waals surface area contributed by atoms with E-state index < -0.39 is 0 Å². The minimum atomic E-state index is -0.0365. The van der Waals surface area contributed by atoms with Gasteiger partial charge in [-0.15, -0.1) is 11.3 Å². The molecule has 1 aromatic heterocycles. The zero-order valence-electron chi connectivity index (χ0n) is 8.60. The summed E-state index contributed by atoms with van der Waals surface area (Å²) in [5.74, 6) is 0. The number of nitrogen functional groups attached to an aromatic ring is 1. The summed E-state index contributed by atoms with van der Waals surface area (Å²) >= 11 is 1.70. The topological polar surface area (TPSA) is 52.0 Å². The first-order chi connectivity index (χ1) is 7.18. The Balaban J connectivity index is 2.32. The van der Waals surface area contributed by atoms with Crippen LogP contribution in [0.25, 0.3) is 0 Å². The third-order valence-electron chi connectivity index (χ3n) is 2.48. The number of nitrogens with two attached hydrogens (primary N) is 2. The molecule has 3 heteroatoms. The number of rotatable bonds is 2. The van der Waals surface area contributed by atoms with Gasteiger partial charge >= 0.3 is 0 Å². The molecule has 0 saturated heterocycles. The largest absolute Gasteiger partial charge is 0.399 e. The summed E-state index contributed by atoms with van der Waals surface area (Å²) in [7, 11) is 0. The molecule has 0 aliphatic rings. The number of hydrogen-bond acceptors (Lipinski definition) is 3. The molecule has 0 fully saturated rings. The molecule has 2 aromatic rings. The molecule has 1 heterocycles. The van der Waals surface area contributed by atoms with E-state index in [1.807, 2.05) is 24.3 Å². The molecule has 0 aliphatic heterocycles. The summed E-state index contributed by atoms with van der Waals surface area (Å²) in [5.41, 5.74) is 15.0. The van der Waals surface area contributed by atoms with Crippen molar-refractivity contribution in [2.75, 3.05) is 5.73 Å². The molecule has 0 bridgehead atoms. The maximum absolute atomic E-state index is 6.18. The van der Waals surface area contributed by atoms with Crippen LogP contribution in [0, 0.1) is 6.92 Å². The Hall–Kier alpha value is -1.32. The number of thiophene rings is 1. The van der Waals surface area contributed by atoms with Crippen molar-refractivity contribution in [1.82, 2.24) is 0 Å². The predicted molar refractivity (Wildman–Crippen MR) is 65.9 cm³/mol. The SMILES string of the molecule is Cc1ccsc1C(N)c1ccc(N)cc1. The van der Waals surface area contributed by atoms with E-state index in [9.17, 15) is 0 Å². The van der Waals surface area contributed by atoms with Gasteiger partial charge in [-0.05, 0) is 41.6 Å². The predicted octanol–water partition coefficient (Wildman–Crippen LogP) is 2.69. The first kappa shape index (κ1) is 10.2. The van der Waals surface area contributed by atoms with Crippen molar-refractivity contribution in [3.63, 3.8) is 0 Å². The molecule has 2 nitrogen and oxygen atoms in total. The van der Waals surface area contributed by atoms with E-state index in [4.69, 9.17) is 11.5 Å².